The van der Waals surface area contributed by atoms with Crippen LogP contribution in [0.4, 0.5) is 0 Å². The summed E-state index contributed by atoms with van der Waals surface area (Å²) in [6, 6.07) is 8.31. The Bertz CT molecular complexity index is 411. The van der Waals surface area contributed by atoms with Crippen LogP contribution in [0.25, 0.3) is 0 Å². The molecule has 0 bridgehead atoms. The Morgan fingerprint density at radius 3 is 2.84 bits per heavy atom. The number of para-hydroxylation sites is 1. The van der Waals surface area contributed by atoms with Crippen LogP contribution in [0.3, 0.4) is 0 Å². The fourth-order valence-corrected chi connectivity index (χ4v) is 2.47. The van der Waals surface area contributed by atoms with Crippen molar-refractivity contribution < 1.29 is 4.74 Å². The predicted octanol–water partition coefficient (Wildman–Crippen LogP) is 3.92. The highest BCUT2D eigenvalue weighted by Gasteiger charge is 2.10. The molecule has 1 atom stereocenters. The molecule has 1 aliphatic carbocycles. The van der Waals surface area contributed by atoms with Crippen molar-refractivity contribution >= 4 is 0 Å². The number of hydrogen-bond donors (Lipinski definition) is 1. The van der Waals surface area contributed by atoms with E-state index in [1.54, 1.807) is 0 Å². The number of allylic oxidation sites excluding steroid dienone is 2. The van der Waals surface area contributed by atoms with Crippen LogP contribution in [0.5, 0.6) is 5.75 Å². The average molecular weight is 259 g/mol. The molecule has 1 aliphatic rings. The van der Waals surface area contributed by atoms with Crippen molar-refractivity contribution in [1.82, 2.24) is 5.32 Å². The van der Waals surface area contributed by atoms with E-state index in [-0.39, 0.29) is 6.10 Å². The van der Waals surface area contributed by atoms with Crippen LogP contribution in [-0.4, -0.2) is 12.6 Å². The van der Waals surface area contributed by atoms with Gasteiger partial charge in [0.1, 0.15) is 5.75 Å². The Balaban J connectivity index is 1.83. The van der Waals surface area contributed by atoms with Crippen LogP contribution in [0.1, 0.15) is 38.7 Å². The molecular weight excluding hydrogens is 234 g/mol. The summed E-state index contributed by atoms with van der Waals surface area (Å²) in [5, 5.41) is 3.57. The minimum absolute atomic E-state index is 0.227. The van der Waals surface area contributed by atoms with Gasteiger partial charge in [-0.05, 0) is 51.6 Å². The number of benzene rings is 1. The molecule has 19 heavy (non-hydrogen) atoms. The van der Waals surface area contributed by atoms with Gasteiger partial charge in [-0.2, -0.15) is 0 Å². The lowest BCUT2D eigenvalue weighted by atomic mass is 9.94. The summed E-state index contributed by atoms with van der Waals surface area (Å²) in [5.74, 6) is 1.80. The minimum Gasteiger partial charge on any atom is -0.491 e. The molecular formula is C17H25NO. The van der Waals surface area contributed by atoms with Crippen molar-refractivity contribution in [2.75, 3.05) is 6.54 Å². The van der Waals surface area contributed by atoms with E-state index < -0.39 is 0 Å². The second kappa shape index (κ2) is 7.34. The Labute approximate surface area is 116 Å². The van der Waals surface area contributed by atoms with Crippen molar-refractivity contribution in [3.8, 4) is 5.75 Å². The zero-order valence-corrected chi connectivity index (χ0v) is 12.1. The summed E-state index contributed by atoms with van der Waals surface area (Å²) < 4.78 is 5.84. The largest absolute Gasteiger partial charge is 0.491 e. The molecule has 1 unspecified atom stereocenters. The molecule has 0 amide bonds. The van der Waals surface area contributed by atoms with Crippen molar-refractivity contribution in [3.05, 3.63) is 42.0 Å². The van der Waals surface area contributed by atoms with Crippen LogP contribution < -0.4 is 10.1 Å². The number of hydrogen-bond acceptors (Lipinski definition) is 2. The van der Waals surface area contributed by atoms with Gasteiger partial charge in [0.25, 0.3) is 0 Å². The normalized spacial score (nSPS) is 18.8. The Morgan fingerprint density at radius 2 is 2.11 bits per heavy atom. The third-order valence-electron chi connectivity index (χ3n) is 3.46. The third-order valence-corrected chi connectivity index (χ3v) is 3.46. The van der Waals surface area contributed by atoms with Gasteiger partial charge in [0.2, 0.25) is 0 Å². The highest BCUT2D eigenvalue weighted by molar-refractivity contribution is 5.33. The molecule has 1 aromatic rings. The molecule has 0 saturated heterocycles. The van der Waals surface area contributed by atoms with Crippen molar-refractivity contribution in [1.29, 1.82) is 0 Å². The summed E-state index contributed by atoms with van der Waals surface area (Å²) in [6.07, 6.45) is 8.60. The number of nitrogens with one attached hydrogen (secondary N) is 1. The second-order valence-electron chi connectivity index (χ2n) is 5.56. The van der Waals surface area contributed by atoms with Crippen LogP contribution in [0.15, 0.2) is 36.4 Å². The molecule has 0 aromatic heterocycles. The Kier molecular flexibility index (Phi) is 5.46. The summed E-state index contributed by atoms with van der Waals surface area (Å²) in [4.78, 5) is 0. The topological polar surface area (TPSA) is 21.3 Å². The fraction of sp³-hybridized carbons (Fsp3) is 0.529. The SMILES string of the molecule is CC(C)Oc1ccccc1CNCC1CC=CCC1. The molecule has 2 nitrogen and oxygen atoms in total. The van der Waals surface area contributed by atoms with E-state index in [1.807, 2.05) is 6.07 Å². The first-order valence-corrected chi connectivity index (χ1v) is 7.36. The third kappa shape index (κ3) is 4.71. The highest BCUT2D eigenvalue weighted by Crippen LogP contribution is 2.20. The quantitative estimate of drug-likeness (QED) is 0.782. The van der Waals surface area contributed by atoms with Crippen LogP contribution in [0.2, 0.25) is 0 Å². The van der Waals surface area contributed by atoms with Crippen molar-refractivity contribution in [3.63, 3.8) is 0 Å². The van der Waals surface area contributed by atoms with E-state index in [0.29, 0.717) is 0 Å². The molecule has 0 heterocycles. The van der Waals surface area contributed by atoms with Gasteiger partial charge in [-0.15, -0.1) is 0 Å². The van der Waals surface area contributed by atoms with Gasteiger partial charge in [0.15, 0.2) is 0 Å². The zero-order valence-electron chi connectivity index (χ0n) is 12.1. The average Bonchev–Trinajstić information content (AvgIpc) is 2.41. The highest BCUT2D eigenvalue weighted by atomic mass is 16.5. The molecule has 1 N–H and O–H groups in total. The van der Waals surface area contributed by atoms with E-state index in [1.165, 1.54) is 24.8 Å². The first-order valence-electron chi connectivity index (χ1n) is 7.36. The summed E-state index contributed by atoms with van der Waals surface area (Å²) in [7, 11) is 0. The van der Waals surface area contributed by atoms with Crippen molar-refractivity contribution in [2.45, 2.75) is 45.8 Å². The van der Waals surface area contributed by atoms with Gasteiger partial charge < -0.3 is 10.1 Å². The van der Waals surface area contributed by atoms with Crippen LogP contribution in [0, 0.1) is 5.92 Å². The summed E-state index contributed by atoms with van der Waals surface area (Å²) in [6.45, 7) is 6.13. The first kappa shape index (κ1) is 14.1. The molecule has 1 aromatic carbocycles. The molecule has 0 radical (unpaired) electrons. The monoisotopic (exact) mass is 259 g/mol. The lowest BCUT2D eigenvalue weighted by Crippen LogP contribution is -2.23. The van der Waals surface area contributed by atoms with E-state index >= 15 is 0 Å². The van der Waals surface area contributed by atoms with Crippen LogP contribution >= 0.6 is 0 Å². The summed E-state index contributed by atoms with van der Waals surface area (Å²) >= 11 is 0. The van der Waals surface area contributed by atoms with Crippen LogP contribution in [-0.2, 0) is 6.54 Å². The Hall–Kier alpha value is -1.28. The molecule has 0 fully saturated rings. The minimum atomic E-state index is 0.227. The molecule has 0 saturated carbocycles. The van der Waals surface area contributed by atoms with Gasteiger partial charge in [0, 0.05) is 12.1 Å². The maximum Gasteiger partial charge on any atom is 0.124 e. The molecule has 104 valence electrons. The lowest BCUT2D eigenvalue weighted by molar-refractivity contribution is 0.239. The molecule has 0 aliphatic heterocycles. The lowest BCUT2D eigenvalue weighted by Gasteiger charge is -2.19. The van der Waals surface area contributed by atoms with E-state index in [2.05, 4.69) is 49.5 Å². The summed E-state index contributed by atoms with van der Waals surface area (Å²) in [5.41, 5.74) is 1.25. The van der Waals surface area contributed by atoms with E-state index in [9.17, 15) is 0 Å². The maximum atomic E-state index is 5.84. The van der Waals surface area contributed by atoms with E-state index in [4.69, 9.17) is 4.74 Å². The zero-order chi connectivity index (χ0) is 13.5. The van der Waals surface area contributed by atoms with Gasteiger partial charge >= 0.3 is 0 Å². The predicted molar refractivity (Wildman–Crippen MR) is 80.4 cm³/mol. The smallest absolute Gasteiger partial charge is 0.124 e. The molecule has 2 rings (SSSR count). The number of rotatable bonds is 6. The fourth-order valence-electron chi connectivity index (χ4n) is 2.47. The van der Waals surface area contributed by atoms with E-state index in [0.717, 1.165) is 24.8 Å². The van der Waals surface area contributed by atoms with Gasteiger partial charge in [-0.25, -0.2) is 0 Å². The second-order valence-corrected chi connectivity index (χ2v) is 5.56. The van der Waals surface area contributed by atoms with Gasteiger partial charge in [-0.3, -0.25) is 0 Å². The van der Waals surface area contributed by atoms with Gasteiger partial charge in [0.05, 0.1) is 6.10 Å². The standard InChI is InChI=1S/C17H25NO/c1-14(2)19-17-11-7-6-10-16(17)13-18-12-15-8-4-3-5-9-15/h3-4,6-7,10-11,14-15,18H,5,8-9,12-13H2,1-2H3. The Morgan fingerprint density at radius 1 is 1.26 bits per heavy atom. The maximum absolute atomic E-state index is 5.84. The van der Waals surface area contributed by atoms with Gasteiger partial charge in [-0.1, -0.05) is 30.4 Å². The molecule has 2 heteroatoms. The number of ether oxygens (including phenoxy) is 1. The van der Waals surface area contributed by atoms with Crippen molar-refractivity contribution in [2.24, 2.45) is 5.92 Å². The first-order chi connectivity index (χ1) is 9.25. The molecule has 0 spiro atoms.